The number of carboxylic acids is 1. The first-order valence-corrected chi connectivity index (χ1v) is 11.6. The van der Waals surface area contributed by atoms with Gasteiger partial charge in [-0.2, -0.15) is 0 Å². The lowest BCUT2D eigenvalue weighted by molar-refractivity contribution is -0.372. The average molecular weight is 559 g/mol. The summed E-state index contributed by atoms with van der Waals surface area (Å²) in [6.07, 6.45) is -25.7. The molecule has 220 valence electrons. The van der Waals surface area contributed by atoms with Crippen LogP contribution in [-0.2, 0) is 33.3 Å². The van der Waals surface area contributed by atoms with Gasteiger partial charge in [0.1, 0.15) is 67.1 Å². The third-order valence-corrected chi connectivity index (χ3v) is 6.46. The molecule has 0 aromatic carbocycles. The highest BCUT2D eigenvalue weighted by Crippen LogP contribution is 2.32. The van der Waals surface area contributed by atoms with Crippen molar-refractivity contribution in [1.29, 1.82) is 0 Å². The smallest absolute Gasteiger partial charge is 0.335 e. The molecule has 0 radical (unpaired) electrons. The Morgan fingerprint density at radius 1 is 0.711 bits per heavy atom. The van der Waals surface area contributed by atoms with Gasteiger partial charge in [-0.25, -0.2) is 4.79 Å². The van der Waals surface area contributed by atoms with Crippen molar-refractivity contribution in [3.63, 3.8) is 0 Å². The van der Waals surface area contributed by atoms with Gasteiger partial charge in [0.15, 0.2) is 25.0 Å². The molecule has 38 heavy (non-hydrogen) atoms. The summed E-state index contributed by atoms with van der Waals surface area (Å²) in [5.41, 5.74) is 0. The maximum Gasteiger partial charge on any atom is 0.335 e. The van der Waals surface area contributed by atoms with Crippen LogP contribution in [0.15, 0.2) is 0 Å². The molecule has 3 aliphatic rings. The van der Waals surface area contributed by atoms with E-state index in [-0.39, 0.29) is 0 Å². The Bertz CT molecular complexity index is 818. The van der Waals surface area contributed by atoms with E-state index < -0.39 is 117 Å². The zero-order valence-corrected chi connectivity index (χ0v) is 19.9. The molecule has 3 saturated heterocycles. The van der Waals surface area contributed by atoms with Crippen LogP contribution in [-0.4, -0.2) is 168 Å². The summed E-state index contributed by atoms with van der Waals surface area (Å²) in [5, 5.41) is 103. The fourth-order valence-electron chi connectivity index (χ4n) is 4.44. The largest absolute Gasteiger partial charge is 0.479 e. The van der Waals surface area contributed by atoms with Crippen LogP contribution < -0.4 is 5.32 Å². The van der Waals surface area contributed by atoms with Crippen molar-refractivity contribution in [2.45, 2.75) is 99.0 Å². The summed E-state index contributed by atoms with van der Waals surface area (Å²) in [6, 6.07) is -1.43. The number of nitrogens with one attached hydrogen (secondary N) is 1. The van der Waals surface area contributed by atoms with Gasteiger partial charge >= 0.3 is 5.97 Å². The Morgan fingerprint density at radius 2 is 1.29 bits per heavy atom. The summed E-state index contributed by atoms with van der Waals surface area (Å²) in [7, 11) is 0. The van der Waals surface area contributed by atoms with Crippen molar-refractivity contribution in [3.05, 3.63) is 0 Å². The van der Waals surface area contributed by atoms with Crippen molar-refractivity contribution >= 4 is 11.9 Å². The number of carboxylic acid groups (broad SMARTS) is 1. The van der Waals surface area contributed by atoms with Gasteiger partial charge < -0.3 is 80.1 Å². The van der Waals surface area contributed by atoms with Gasteiger partial charge in [0.2, 0.25) is 5.91 Å². The fraction of sp³-hybridized carbons (Fsp3) is 0.900. The fourth-order valence-corrected chi connectivity index (χ4v) is 4.44. The zero-order valence-electron chi connectivity index (χ0n) is 19.9. The molecule has 0 bridgehead atoms. The second-order valence-corrected chi connectivity index (χ2v) is 9.11. The van der Waals surface area contributed by atoms with Crippen LogP contribution in [0.1, 0.15) is 6.92 Å². The quantitative estimate of drug-likeness (QED) is 0.132. The Balaban J connectivity index is 1.82. The number of aliphatic hydroxyl groups is 9. The molecule has 0 saturated carbocycles. The van der Waals surface area contributed by atoms with Crippen LogP contribution >= 0.6 is 0 Å². The monoisotopic (exact) mass is 559 g/mol. The van der Waals surface area contributed by atoms with Gasteiger partial charge in [-0.05, 0) is 0 Å². The van der Waals surface area contributed by atoms with E-state index in [1.807, 2.05) is 0 Å². The lowest BCUT2D eigenvalue weighted by atomic mass is 9.95. The molecule has 1 amide bonds. The van der Waals surface area contributed by atoms with E-state index in [4.69, 9.17) is 23.7 Å². The molecule has 0 unspecified atom stereocenters. The molecule has 0 aromatic heterocycles. The van der Waals surface area contributed by atoms with Crippen molar-refractivity contribution in [2.75, 3.05) is 13.2 Å². The van der Waals surface area contributed by atoms with Gasteiger partial charge in [-0.1, -0.05) is 0 Å². The van der Waals surface area contributed by atoms with Gasteiger partial charge in [0.25, 0.3) is 0 Å². The molecule has 0 spiro atoms. The third-order valence-electron chi connectivity index (χ3n) is 6.46. The molecular formula is C20H33NO17. The standard InChI is InChI=1S/C20H33NO17/c1-4(24)21-7-9(26)14(6(3-23)34-18(7)33)36-20-13(30)15(8(25)5(2-22)35-20)37-19-12(29)10(27)11(28)16(38-19)17(31)32/h5-16,18-20,22-23,25-30,33H,2-3H2,1H3,(H,21,24)(H,31,32)/t5-,6-,7-,8+,9-,10+,11+,12-,13-,14-,15+,16+,18-,19-,20+/m1/s1. The Morgan fingerprint density at radius 3 is 1.84 bits per heavy atom. The van der Waals surface area contributed by atoms with Crippen LogP contribution in [0.25, 0.3) is 0 Å². The lowest BCUT2D eigenvalue weighted by Gasteiger charge is -2.48. The molecule has 0 aliphatic carbocycles. The molecule has 0 aromatic rings. The van der Waals surface area contributed by atoms with Gasteiger partial charge in [0, 0.05) is 6.92 Å². The minimum absolute atomic E-state index is 0.651. The topological polar surface area (TPSA) is 295 Å². The molecule has 3 aliphatic heterocycles. The molecule has 3 rings (SSSR count). The number of carbonyl (C=O) groups is 2. The van der Waals surface area contributed by atoms with Crippen LogP contribution in [0.3, 0.4) is 0 Å². The number of carbonyl (C=O) groups excluding carboxylic acids is 1. The van der Waals surface area contributed by atoms with E-state index in [1.54, 1.807) is 0 Å². The van der Waals surface area contributed by atoms with E-state index in [9.17, 15) is 60.7 Å². The molecule has 3 fully saturated rings. The highest BCUT2D eigenvalue weighted by molar-refractivity contribution is 5.73. The Kier molecular flexibility index (Phi) is 10.3. The number of hydrogen-bond donors (Lipinski definition) is 11. The second-order valence-electron chi connectivity index (χ2n) is 9.11. The van der Waals surface area contributed by atoms with Crippen molar-refractivity contribution in [1.82, 2.24) is 5.32 Å². The minimum atomic E-state index is -2.05. The summed E-state index contributed by atoms with van der Waals surface area (Å²) in [4.78, 5) is 22.8. The highest BCUT2D eigenvalue weighted by atomic mass is 16.7. The van der Waals surface area contributed by atoms with E-state index in [0.717, 1.165) is 6.92 Å². The summed E-state index contributed by atoms with van der Waals surface area (Å²) >= 11 is 0. The number of aliphatic carboxylic acids is 1. The van der Waals surface area contributed by atoms with Crippen molar-refractivity contribution < 1.29 is 84.3 Å². The first-order valence-electron chi connectivity index (χ1n) is 11.6. The predicted octanol–water partition coefficient (Wildman–Crippen LogP) is -7.34. The number of rotatable bonds is 8. The number of hydrogen-bond acceptors (Lipinski definition) is 16. The minimum Gasteiger partial charge on any atom is -0.479 e. The molecular weight excluding hydrogens is 526 g/mol. The number of aliphatic hydroxyl groups excluding tert-OH is 9. The van der Waals surface area contributed by atoms with Crippen LogP contribution in [0.2, 0.25) is 0 Å². The van der Waals surface area contributed by atoms with E-state index >= 15 is 0 Å². The molecule has 11 N–H and O–H groups in total. The first-order chi connectivity index (χ1) is 17.8. The zero-order chi connectivity index (χ0) is 28.5. The lowest BCUT2D eigenvalue weighted by Crippen LogP contribution is -2.68. The third kappa shape index (κ3) is 6.24. The molecule has 18 nitrogen and oxygen atoms in total. The molecule has 18 heteroatoms. The van der Waals surface area contributed by atoms with Crippen molar-refractivity contribution in [3.8, 4) is 0 Å². The maximum absolute atomic E-state index is 11.5. The average Bonchev–Trinajstić information content (AvgIpc) is 2.86. The van der Waals surface area contributed by atoms with Crippen LogP contribution in [0, 0.1) is 0 Å². The normalized spacial score (nSPS) is 47.9. The predicted molar refractivity (Wildman–Crippen MR) is 113 cm³/mol. The summed E-state index contributed by atoms with van der Waals surface area (Å²) in [5.74, 6) is -2.36. The van der Waals surface area contributed by atoms with Gasteiger partial charge in [-0.15, -0.1) is 0 Å². The number of amides is 1. The highest BCUT2D eigenvalue weighted by Gasteiger charge is 2.54. The second kappa shape index (κ2) is 12.7. The molecule has 3 heterocycles. The summed E-state index contributed by atoms with van der Waals surface area (Å²) in [6.45, 7) is -0.580. The molecule has 15 atom stereocenters. The van der Waals surface area contributed by atoms with Gasteiger partial charge in [-0.3, -0.25) is 4.79 Å². The van der Waals surface area contributed by atoms with Crippen LogP contribution in [0.5, 0.6) is 0 Å². The van der Waals surface area contributed by atoms with E-state index in [0.29, 0.717) is 0 Å². The number of ether oxygens (including phenoxy) is 5. The SMILES string of the molecule is CC(=O)N[C@@H]1[C@@H](O)[C@H](O[C@@H]2O[C@H](CO)[C@H](O)[C@H](O[C@@H]3O[C@H](C(=O)O)[C@@H](O)[C@H](O)[C@H]3O)[C@H]2O)[C@@H](CO)O[C@H]1O. The first kappa shape index (κ1) is 30.9. The Hall–Kier alpha value is -1.62. The van der Waals surface area contributed by atoms with E-state index in [1.165, 1.54) is 0 Å². The van der Waals surface area contributed by atoms with E-state index in [2.05, 4.69) is 5.32 Å². The van der Waals surface area contributed by atoms with Crippen molar-refractivity contribution in [2.24, 2.45) is 0 Å². The van der Waals surface area contributed by atoms with Gasteiger partial charge in [0.05, 0.1) is 13.2 Å². The summed E-state index contributed by atoms with van der Waals surface area (Å²) < 4.78 is 26.5. The Labute approximate surface area is 214 Å². The maximum atomic E-state index is 11.5. The van der Waals surface area contributed by atoms with Crippen LogP contribution in [0.4, 0.5) is 0 Å².